The van der Waals surface area contributed by atoms with Gasteiger partial charge in [-0.25, -0.2) is 4.98 Å². The van der Waals surface area contributed by atoms with Gasteiger partial charge in [0.25, 0.3) is 0 Å². The molecular formula is C16H21ClN4O. The molecule has 0 spiro atoms. The van der Waals surface area contributed by atoms with Crippen LogP contribution in [0.1, 0.15) is 24.8 Å². The number of fused-ring (bicyclic) bond motifs is 1. The molecule has 1 fully saturated rings. The first kappa shape index (κ1) is 15.5. The Morgan fingerprint density at radius 3 is 3.00 bits per heavy atom. The molecule has 3 N–H and O–H groups in total. The number of hydrogen-bond donors (Lipinski definition) is 2. The van der Waals surface area contributed by atoms with Crippen LogP contribution in [0.25, 0.3) is 11.0 Å². The Balaban J connectivity index is 1.81. The van der Waals surface area contributed by atoms with Crippen LogP contribution in [0.2, 0.25) is 5.02 Å². The van der Waals surface area contributed by atoms with Crippen molar-refractivity contribution in [1.82, 2.24) is 15.3 Å². The summed E-state index contributed by atoms with van der Waals surface area (Å²) >= 11 is 6.36. The van der Waals surface area contributed by atoms with Gasteiger partial charge in [0.05, 0.1) is 23.2 Å². The van der Waals surface area contributed by atoms with Crippen LogP contribution < -0.4 is 15.8 Å². The predicted molar refractivity (Wildman–Crippen MR) is 88.4 cm³/mol. The van der Waals surface area contributed by atoms with Gasteiger partial charge >= 0.3 is 0 Å². The molecule has 3 rings (SSSR count). The van der Waals surface area contributed by atoms with Gasteiger partial charge in [0.2, 0.25) is 5.88 Å². The molecule has 22 heavy (non-hydrogen) atoms. The molecule has 0 aliphatic carbocycles. The van der Waals surface area contributed by atoms with Crippen molar-refractivity contribution in [2.24, 2.45) is 5.73 Å². The number of nitrogens with zero attached hydrogens (tertiary/aromatic N) is 2. The van der Waals surface area contributed by atoms with Crippen LogP contribution in [-0.4, -0.2) is 35.7 Å². The number of nitrogens with one attached hydrogen (secondary N) is 1. The Bertz CT molecular complexity index is 656. The lowest BCUT2D eigenvalue weighted by Crippen LogP contribution is -2.45. The fourth-order valence-corrected chi connectivity index (χ4v) is 3.16. The molecule has 2 aromatic rings. The van der Waals surface area contributed by atoms with E-state index in [2.05, 4.69) is 15.3 Å². The van der Waals surface area contributed by atoms with Crippen LogP contribution in [-0.2, 0) is 6.42 Å². The number of piperidine rings is 1. The largest absolute Gasteiger partial charge is 0.481 e. The third-order valence-corrected chi connectivity index (χ3v) is 4.57. The molecule has 1 aliphatic rings. The highest BCUT2D eigenvalue weighted by Gasteiger charge is 2.19. The molecule has 1 aliphatic heterocycles. The highest BCUT2D eigenvalue weighted by molar-refractivity contribution is 6.32. The lowest BCUT2D eigenvalue weighted by molar-refractivity contribution is 0.351. The zero-order chi connectivity index (χ0) is 15.5. The van der Waals surface area contributed by atoms with Crippen LogP contribution in [0.3, 0.4) is 0 Å². The molecule has 2 unspecified atom stereocenters. The van der Waals surface area contributed by atoms with Gasteiger partial charge in [-0.3, -0.25) is 4.98 Å². The van der Waals surface area contributed by atoms with E-state index in [1.165, 1.54) is 0 Å². The van der Waals surface area contributed by atoms with Crippen molar-refractivity contribution in [2.45, 2.75) is 37.8 Å². The first-order valence-electron chi connectivity index (χ1n) is 7.64. The van der Waals surface area contributed by atoms with Crippen molar-refractivity contribution in [3.63, 3.8) is 0 Å². The normalized spacial score (nSPS) is 22.0. The van der Waals surface area contributed by atoms with Gasteiger partial charge in [0.1, 0.15) is 0 Å². The molecule has 118 valence electrons. The van der Waals surface area contributed by atoms with Gasteiger partial charge in [0.15, 0.2) is 0 Å². The van der Waals surface area contributed by atoms with Crippen LogP contribution in [0.4, 0.5) is 0 Å². The highest BCUT2D eigenvalue weighted by atomic mass is 35.5. The van der Waals surface area contributed by atoms with E-state index in [0.29, 0.717) is 16.9 Å². The zero-order valence-corrected chi connectivity index (χ0v) is 13.4. The Hall–Kier alpha value is -1.43. The van der Waals surface area contributed by atoms with E-state index >= 15 is 0 Å². The third kappa shape index (κ3) is 3.32. The number of methoxy groups -OCH3 is 1. The average molecular weight is 321 g/mol. The molecular weight excluding hydrogens is 300 g/mol. The van der Waals surface area contributed by atoms with Gasteiger partial charge < -0.3 is 15.8 Å². The molecule has 6 heteroatoms. The summed E-state index contributed by atoms with van der Waals surface area (Å²) in [5.74, 6) is 0.583. The average Bonchev–Trinajstić information content (AvgIpc) is 2.55. The summed E-state index contributed by atoms with van der Waals surface area (Å²) in [6, 6.07) is 4.51. The Kier molecular flexibility index (Phi) is 4.76. The SMILES string of the molecule is COc1ccc2ncc(Cl)c(CCC3CCC(N)CN3)c2n1. The number of rotatable bonds is 4. The first-order valence-corrected chi connectivity index (χ1v) is 8.02. The van der Waals surface area contributed by atoms with Gasteiger partial charge in [-0.15, -0.1) is 0 Å². The summed E-state index contributed by atoms with van der Waals surface area (Å²) < 4.78 is 5.22. The lowest BCUT2D eigenvalue weighted by Gasteiger charge is -2.27. The summed E-state index contributed by atoms with van der Waals surface area (Å²) in [7, 11) is 1.61. The second-order valence-corrected chi connectivity index (χ2v) is 6.19. The fraction of sp³-hybridized carbons (Fsp3) is 0.500. The lowest BCUT2D eigenvalue weighted by atomic mass is 9.96. The zero-order valence-electron chi connectivity index (χ0n) is 12.7. The van der Waals surface area contributed by atoms with E-state index < -0.39 is 0 Å². The van der Waals surface area contributed by atoms with Crippen LogP contribution in [0.15, 0.2) is 18.3 Å². The first-order chi connectivity index (χ1) is 10.7. The van der Waals surface area contributed by atoms with E-state index in [4.69, 9.17) is 22.1 Å². The summed E-state index contributed by atoms with van der Waals surface area (Å²) in [6.45, 7) is 0.890. The maximum Gasteiger partial charge on any atom is 0.213 e. The second-order valence-electron chi connectivity index (χ2n) is 5.79. The molecule has 0 bridgehead atoms. The topological polar surface area (TPSA) is 73.1 Å². The van der Waals surface area contributed by atoms with Crippen molar-refractivity contribution < 1.29 is 4.74 Å². The summed E-state index contributed by atoms with van der Waals surface area (Å²) in [5, 5.41) is 4.17. The van der Waals surface area contributed by atoms with Gasteiger partial charge in [-0.2, -0.15) is 0 Å². The maximum atomic E-state index is 6.36. The predicted octanol–water partition coefficient (Wildman–Crippen LogP) is 2.30. The molecule has 0 radical (unpaired) electrons. The van der Waals surface area contributed by atoms with Crippen LogP contribution in [0, 0.1) is 0 Å². The van der Waals surface area contributed by atoms with Crippen LogP contribution >= 0.6 is 11.6 Å². The minimum absolute atomic E-state index is 0.285. The molecule has 0 amide bonds. The Morgan fingerprint density at radius 1 is 1.41 bits per heavy atom. The van der Waals surface area contributed by atoms with E-state index in [1.807, 2.05) is 12.1 Å². The standard InChI is InChI=1S/C16H21ClN4O/c1-22-15-7-6-14-16(21-15)12(13(17)9-20-14)5-4-11-3-2-10(18)8-19-11/h6-7,9-11,19H,2-5,8,18H2,1H3. The van der Waals surface area contributed by atoms with Crippen molar-refractivity contribution in [3.8, 4) is 5.88 Å². The molecule has 0 saturated carbocycles. The van der Waals surface area contributed by atoms with E-state index in [1.54, 1.807) is 13.3 Å². The smallest absolute Gasteiger partial charge is 0.213 e. The number of halogens is 1. The molecule has 1 saturated heterocycles. The molecule has 0 aromatic carbocycles. The number of aryl methyl sites for hydroxylation is 1. The van der Waals surface area contributed by atoms with Crippen molar-refractivity contribution >= 4 is 22.6 Å². The number of ether oxygens (including phenoxy) is 1. The van der Waals surface area contributed by atoms with E-state index in [-0.39, 0.29) is 6.04 Å². The summed E-state index contributed by atoms with van der Waals surface area (Å²) in [4.78, 5) is 8.86. The minimum atomic E-state index is 0.285. The van der Waals surface area contributed by atoms with Gasteiger partial charge in [-0.1, -0.05) is 11.6 Å². The number of aromatic nitrogens is 2. The number of pyridine rings is 2. The van der Waals surface area contributed by atoms with E-state index in [0.717, 1.165) is 48.8 Å². The summed E-state index contributed by atoms with van der Waals surface area (Å²) in [6.07, 6.45) is 5.78. The number of nitrogens with two attached hydrogens (primary N) is 1. The minimum Gasteiger partial charge on any atom is -0.481 e. The second kappa shape index (κ2) is 6.77. The van der Waals surface area contributed by atoms with Gasteiger partial charge in [0, 0.05) is 36.5 Å². The Morgan fingerprint density at radius 2 is 2.27 bits per heavy atom. The molecule has 5 nitrogen and oxygen atoms in total. The molecule has 2 aromatic heterocycles. The van der Waals surface area contributed by atoms with E-state index in [9.17, 15) is 0 Å². The third-order valence-electron chi connectivity index (χ3n) is 4.25. The van der Waals surface area contributed by atoms with Crippen molar-refractivity contribution in [3.05, 3.63) is 28.9 Å². The molecule has 2 atom stereocenters. The maximum absolute atomic E-state index is 6.36. The fourth-order valence-electron chi connectivity index (χ4n) is 2.93. The Labute approximate surface area is 135 Å². The van der Waals surface area contributed by atoms with Gasteiger partial charge in [-0.05, 0) is 31.7 Å². The number of hydrogen-bond acceptors (Lipinski definition) is 5. The van der Waals surface area contributed by atoms with Crippen molar-refractivity contribution in [2.75, 3.05) is 13.7 Å². The summed E-state index contributed by atoms with van der Waals surface area (Å²) in [5.41, 5.74) is 8.64. The van der Waals surface area contributed by atoms with Crippen LogP contribution in [0.5, 0.6) is 5.88 Å². The van der Waals surface area contributed by atoms with Crippen molar-refractivity contribution in [1.29, 1.82) is 0 Å². The monoisotopic (exact) mass is 320 g/mol. The quantitative estimate of drug-likeness (QED) is 0.904. The molecule has 3 heterocycles. The highest BCUT2D eigenvalue weighted by Crippen LogP contribution is 2.27.